The number of rotatable bonds is 8. The number of hydrogen-bond acceptors (Lipinski definition) is 3. The van der Waals surface area contributed by atoms with E-state index in [1.165, 1.54) is 19.3 Å². The van der Waals surface area contributed by atoms with Crippen molar-refractivity contribution in [3.8, 4) is 5.75 Å². The first-order valence-electron chi connectivity index (χ1n) is 6.74. The Morgan fingerprint density at radius 1 is 1.37 bits per heavy atom. The SMILES string of the molecule is CCCCCCC=NNC(=O)c1cccc(OC)c1. The van der Waals surface area contributed by atoms with Crippen LogP contribution in [0, 0.1) is 0 Å². The highest BCUT2D eigenvalue weighted by molar-refractivity contribution is 5.94. The molecule has 0 aliphatic carbocycles. The molecule has 0 aromatic heterocycles. The number of benzene rings is 1. The number of ether oxygens (including phenoxy) is 1. The molecule has 19 heavy (non-hydrogen) atoms. The lowest BCUT2D eigenvalue weighted by atomic mass is 10.2. The van der Waals surface area contributed by atoms with Crippen LogP contribution in [0.1, 0.15) is 49.4 Å². The van der Waals surface area contributed by atoms with Gasteiger partial charge in [-0.05, 0) is 31.0 Å². The topological polar surface area (TPSA) is 50.7 Å². The van der Waals surface area contributed by atoms with Crippen molar-refractivity contribution in [3.63, 3.8) is 0 Å². The van der Waals surface area contributed by atoms with Crippen LogP contribution in [0.4, 0.5) is 0 Å². The Morgan fingerprint density at radius 3 is 2.95 bits per heavy atom. The highest BCUT2D eigenvalue weighted by atomic mass is 16.5. The predicted molar refractivity (Wildman–Crippen MR) is 77.7 cm³/mol. The van der Waals surface area contributed by atoms with E-state index in [0.29, 0.717) is 11.3 Å². The standard InChI is InChI=1S/C15H22N2O2/c1-3-4-5-6-7-11-16-17-15(18)13-9-8-10-14(12-13)19-2/h8-12H,3-7H2,1-2H3,(H,17,18). The number of amides is 1. The molecule has 0 bridgehead atoms. The van der Waals surface area contributed by atoms with Gasteiger partial charge in [0, 0.05) is 11.8 Å². The molecule has 1 amide bonds. The van der Waals surface area contributed by atoms with Crippen LogP contribution in [0.15, 0.2) is 29.4 Å². The van der Waals surface area contributed by atoms with E-state index in [0.717, 1.165) is 12.8 Å². The van der Waals surface area contributed by atoms with E-state index in [9.17, 15) is 4.79 Å². The fourth-order valence-electron chi connectivity index (χ4n) is 1.66. The minimum atomic E-state index is -0.219. The van der Waals surface area contributed by atoms with Crippen molar-refractivity contribution >= 4 is 12.1 Å². The second kappa shape index (κ2) is 9.14. The highest BCUT2D eigenvalue weighted by Gasteiger charge is 2.04. The summed E-state index contributed by atoms with van der Waals surface area (Å²) in [6.07, 6.45) is 7.47. The smallest absolute Gasteiger partial charge is 0.271 e. The van der Waals surface area contributed by atoms with Crippen molar-refractivity contribution in [2.45, 2.75) is 39.0 Å². The molecule has 0 spiro atoms. The van der Waals surface area contributed by atoms with Crippen molar-refractivity contribution in [2.24, 2.45) is 5.10 Å². The van der Waals surface area contributed by atoms with E-state index in [1.54, 1.807) is 37.6 Å². The summed E-state index contributed by atoms with van der Waals surface area (Å²) in [6, 6.07) is 7.00. The molecular formula is C15H22N2O2. The summed E-state index contributed by atoms with van der Waals surface area (Å²) in [6.45, 7) is 2.18. The van der Waals surface area contributed by atoms with Gasteiger partial charge < -0.3 is 4.74 Å². The third-order valence-electron chi connectivity index (χ3n) is 2.78. The van der Waals surface area contributed by atoms with Crippen molar-refractivity contribution in [1.82, 2.24) is 5.43 Å². The van der Waals surface area contributed by atoms with Gasteiger partial charge in [-0.25, -0.2) is 5.43 Å². The molecule has 4 nitrogen and oxygen atoms in total. The Hall–Kier alpha value is -1.84. The van der Waals surface area contributed by atoms with E-state index in [2.05, 4.69) is 17.5 Å². The number of nitrogens with zero attached hydrogens (tertiary/aromatic N) is 1. The van der Waals surface area contributed by atoms with Crippen LogP contribution in [-0.4, -0.2) is 19.2 Å². The fraction of sp³-hybridized carbons (Fsp3) is 0.467. The molecule has 0 saturated heterocycles. The Balaban J connectivity index is 2.32. The Labute approximate surface area is 114 Å². The first-order valence-corrected chi connectivity index (χ1v) is 6.74. The van der Waals surface area contributed by atoms with Gasteiger partial charge in [0.05, 0.1) is 7.11 Å². The highest BCUT2D eigenvalue weighted by Crippen LogP contribution is 2.12. The molecular weight excluding hydrogens is 240 g/mol. The molecule has 1 rings (SSSR count). The van der Waals surface area contributed by atoms with Gasteiger partial charge in [-0.2, -0.15) is 5.10 Å². The molecule has 0 heterocycles. The molecule has 1 aromatic rings. The molecule has 0 aliphatic heterocycles. The van der Waals surface area contributed by atoms with Gasteiger partial charge in [0.15, 0.2) is 0 Å². The monoisotopic (exact) mass is 262 g/mol. The minimum Gasteiger partial charge on any atom is -0.497 e. The molecule has 0 atom stereocenters. The number of carbonyl (C=O) groups excluding carboxylic acids is 1. The summed E-state index contributed by atoms with van der Waals surface area (Å²) in [4.78, 5) is 11.8. The molecule has 104 valence electrons. The molecule has 0 unspecified atom stereocenters. The summed E-state index contributed by atoms with van der Waals surface area (Å²) in [5.41, 5.74) is 3.06. The van der Waals surface area contributed by atoms with Gasteiger partial charge in [-0.1, -0.05) is 32.3 Å². The Kier molecular flexibility index (Phi) is 7.32. The molecule has 0 aliphatic rings. The van der Waals surface area contributed by atoms with Crippen LogP contribution in [-0.2, 0) is 0 Å². The summed E-state index contributed by atoms with van der Waals surface area (Å²) in [5, 5.41) is 3.94. The number of carbonyl (C=O) groups is 1. The second-order valence-corrected chi connectivity index (χ2v) is 4.33. The lowest BCUT2D eigenvalue weighted by Crippen LogP contribution is -2.17. The van der Waals surface area contributed by atoms with Gasteiger partial charge in [0.1, 0.15) is 5.75 Å². The third kappa shape index (κ3) is 6.04. The van der Waals surface area contributed by atoms with Crippen molar-refractivity contribution < 1.29 is 9.53 Å². The second-order valence-electron chi connectivity index (χ2n) is 4.33. The van der Waals surface area contributed by atoms with Crippen molar-refractivity contribution in [1.29, 1.82) is 0 Å². The average molecular weight is 262 g/mol. The van der Waals surface area contributed by atoms with Gasteiger partial charge in [-0.15, -0.1) is 0 Å². The number of nitrogens with one attached hydrogen (secondary N) is 1. The Morgan fingerprint density at radius 2 is 2.21 bits per heavy atom. The van der Waals surface area contributed by atoms with Crippen molar-refractivity contribution in [3.05, 3.63) is 29.8 Å². The number of hydrogen-bond donors (Lipinski definition) is 1. The summed E-state index contributed by atoms with van der Waals surface area (Å²) in [5.74, 6) is 0.444. The predicted octanol–water partition coefficient (Wildman–Crippen LogP) is 3.38. The first-order chi connectivity index (χ1) is 9.27. The van der Waals surface area contributed by atoms with Crippen LogP contribution in [0.2, 0.25) is 0 Å². The van der Waals surface area contributed by atoms with Crippen LogP contribution in [0.5, 0.6) is 5.75 Å². The number of unbranched alkanes of at least 4 members (excludes halogenated alkanes) is 4. The van der Waals surface area contributed by atoms with Crippen LogP contribution in [0.3, 0.4) is 0 Å². The van der Waals surface area contributed by atoms with Crippen LogP contribution in [0.25, 0.3) is 0 Å². The maximum Gasteiger partial charge on any atom is 0.271 e. The lowest BCUT2D eigenvalue weighted by Gasteiger charge is -2.02. The van der Waals surface area contributed by atoms with E-state index < -0.39 is 0 Å². The molecule has 1 aromatic carbocycles. The third-order valence-corrected chi connectivity index (χ3v) is 2.78. The quantitative estimate of drug-likeness (QED) is 0.443. The van der Waals surface area contributed by atoms with E-state index in [-0.39, 0.29) is 5.91 Å². The largest absolute Gasteiger partial charge is 0.497 e. The van der Waals surface area contributed by atoms with Gasteiger partial charge in [0.25, 0.3) is 5.91 Å². The molecule has 0 saturated carbocycles. The average Bonchev–Trinajstić information content (AvgIpc) is 2.46. The van der Waals surface area contributed by atoms with Gasteiger partial charge in [-0.3, -0.25) is 4.79 Å². The lowest BCUT2D eigenvalue weighted by molar-refractivity contribution is 0.0954. The normalized spacial score (nSPS) is 10.6. The zero-order chi connectivity index (χ0) is 13.9. The minimum absolute atomic E-state index is 0.219. The zero-order valence-electron chi connectivity index (χ0n) is 11.7. The maximum absolute atomic E-state index is 11.8. The van der Waals surface area contributed by atoms with E-state index >= 15 is 0 Å². The summed E-state index contributed by atoms with van der Waals surface area (Å²) in [7, 11) is 1.57. The molecule has 1 N–H and O–H groups in total. The van der Waals surface area contributed by atoms with Gasteiger partial charge >= 0.3 is 0 Å². The number of methoxy groups -OCH3 is 1. The molecule has 0 radical (unpaired) electrons. The summed E-state index contributed by atoms with van der Waals surface area (Å²) < 4.78 is 5.07. The summed E-state index contributed by atoms with van der Waals surface area (Å²) >= 11 is 0. The van der Waals surface area contributed by atoms with Crippen LogP contribution < -0.4 is 10.2 Å². The number of hydrazone groups is 1. The zero-order valence-corrected chi connectivity index (χ0v) is 11.7. The molecule has 0 fully saturated rings. The molecule has 4 heteroatoms. The maximum atomic E-state index is 11.8. The van der Waals surface area contributed by atoms with E-state index in [1.807, 2.05) is 0 Å². The van der Waals surface area contributed by atoms with Crippen LogP contribution >= 0.6 is 0 Å². The van der Waals surface area contributed by atoms with Gasteiger partial charge in [0.2, 0.25) is 0 Å². The van der Waals surface area contributed by atoms with E-state index in [4.69, 9.17) is 4.74 Å². The van der Waals surface area contributed by atoms with Crippen molar-refractivity contribution in [2.75, 3.05) is 7.11 Å². The Bertz CT molecular complexity index is 416. The first kappa shape index (κ1) is 15.2. The fourth-order valence-corrected chi connectivity index (χ4v) is 1.66.